The Morgan fingerprint density at radius 3 is 2.88 bits per heavy atom. The van der Waals surface area contributed by atoms with Gasteiger partial charge < -0.3 is 10.6 Å². The van der Waals surface area contributed by atoms with E-state index in [1.165, 1.54) is 5.56 Å². The first-order valence-corrected chi connectivity index (χ1v) is 6.21. The topological polar surface area (TPSA) is 41.1 Å². The van der Waals surface area contributed by atoms with Gasteiger partial charge in [-0.05, 0) is 31.5 Å². The largest absolute Gasteiger partial charge is 0.352 e. The SMILES string of the molecule is Cc1cccc(CNC(=O)C(C)C2CNC2)c1. The summed E-state index contributed by atoms with van der Waals surface area (Å²) in [5.74, 6) is 0.784. The molecule has 0 radical (unpaired) electrons. The Kier molecular flexibility index (Phi) is 3.79. The van der Waals surface area contributed by atoms with Gasteiger partial charge in [0.15, 0.2) is 0 Å². The minimum absolute atomic E-state index is 0.112. The molecule has 3 heteroatoms. The third kappa shape index (κ3) is 3.07. The van der Waals surface area contributed by atoms with Crippen molar-refractivity contribution in [1.82, 2.24) is 10.6 Å². The molecular formula is C14H20N2O. The van der Waals surface area contributed by atoms with Crippen LogP contribution in [0.1, 0.15) is 18.1 Å². The van der Waals surface area contributed by atoms with Crippen molar-refractivity contribution in [3.05, 3.63) is 35.4 Å². The fraction of sp³-hybridized carbons (Fsp3) is 0.500. The summed E-state index contributed by atoms with van der Waals surface area (Å²) in [6, 6.07) is 8.24. The average Bonchev–Trinajstić information content (AvgIpc) is 2.23. The fourth-order valence-electron chi connectivity index (χ4n) is 2.05. The van der Waals surface area contributed by atoms with Crippen LogP contribution in [0.3, 0.4) is 0 Å². The number of rotatable bonds is 4. The summed E-state index contributed by atoms with van der Waals surface area (Å²) in [4.78, 5) is 11.9. The van der Waals surface area contributed by atoms with Gasteiger partial charge in [0.05, 0.1) is 0 Å². The highest BCUT2D eigenvalue weighted by atomic mass is 16.1. The molecule has 0 spiro atoms. The molecule has 1 aromatic rings. The van der Waals surface area contributed by atoms with E-state index < -0.39 is 0 Å². The summed E-state index contributed by atoms with van der Waals surface area (Å²) in [6.07, 6.45) is 0. The molecule has 0 aliphatic carbocycles. The van der Waals surface area contributed by atoms with Gasteiger partial charge in [-0.25, -0.2) is 0 Å². The van der Waals surface area contributed by atoms with Crippen LogP contribution in [0.4, 0.5) is 0 Å². The zero-order valence-electron chi connectivity index (χ0n) is 10.5. The standard InChI is InChI=1S/C14H20N2O/c1-10-4-3-5-12(6-10)7-16-14(17)11(2)13-8-15-9-13/h3-6,11,13,15H,7-9H2,1-2H3,(H,16,17). The van der Waals surface area contributed by atoms with E-state index in [0.717, 1.165) is 18.7 Å². The van der Waals surface area contributed by atoms with Gasteiger partial charge in [-0.2, -0.15) is 0 Å². The smallest absolute Gasteiger partial charge is 0.223 e. The molecule has 17 heavy (non-hydrogen) atoms. The Bertz CT molecular complexity index is 399. The van der Waals surface area contributed by atoms with Gasteiger partial charge in [0, 0.05) is 12.5 Å². The molecular weight excluding hydrogens is 212 g/mol. The van der Waals surface area contributed by atoms with E-state index in [0.29, 0.717) is 12.5 Å². The Hall–Kier alpha value is -1.35. The molecule has 1 aliphatic heterocycles. The lowest BCUT2D eigenvalue weighted by Crippen LogP contribution is -2.49. The number of hydrogen-bond donors (Lipinski definition) is 2. The Balaban J connectivity index is 1.83. The first-order valence-electron chi connectivity index (χ1n) is 6.21. The molecule has 1 aromatic carbocycles. The molecule has 3 nitrogen and oxygen atoms in total. The van der Waals surface area contributed by atoms with Crippen LogP contribution >= 0.6 is 0 Å². The number of hydrogen-bond acceptors (Lipinski definition) is 2. The van der Waals surface area contributed by atoms with Crippen molar-refractivity contribution in [3.63, 3.8) is 0 Å². The minimum Gasteiger partial charge on any atom is -0.352 e. The molecule has 0 aromatic heterocycles. The van der Waals surface area contributed by atoms with Gasteiger partial charge in [0.25, 0.3) is 0 Å². The third-order valence-electron chi connectivity index (χ3n) is 3.48. The zero-order chi connectivity index (χ0) is 12.3. The number of carbonyl (C=O) groups excluding carboxylic acids is 1. The van der Waals surface area contributed by atoms with Crippen LogP contribution in [0.25, 0.3) is 0 Å². The van der Waals surface area contributed by atoms with Gasteiger partial charge >= 0.3 is 0 Å². The minimum atomic E-state index is 0.112. The number of carbonyl (C=O) groups is 1. The summed E-state index contributed by atoms with van der Waals surface area (Å²) in [7, 11) is 0. The molecule has 0 bridgehead atoms. The van der Waals surface area contributed by atoms with Crippen molar-refractivity contribution in [1.29, 1.82) is 0 Å². The normalized spacial score (nSPS) is 17.3. The van der Waals surface area contributed by atoms with E-state index in [-0.39, 0.29) is 11.8 Å². The Morgan fingerprint density at radius 1 is 1.53 bits per heavy atom. The molecule has 1 atom stereocenters. The Morgan fingerprint density at radius 2 is 2.29 bits per heavy atom. The van der Waals surface area contributed by atoms with E-state index in [2.05, 4.69) is 29.7 Å². The molecule has 1 heterocycles. The van der Waals surface area contributed by atoms with E-state index in [4.69, 9.17) is 0 Å². The van der Waals surface area contributed by atoms with Crippen molar-refractivity contribution in [2.45, 2.75) is 20.4 Å². The highest BCUT2D eigenvalue weighted by Crippen LogP contribution is 2.16. The molecule has 2 rings (SSSR count). The van der Waals surface area contributed by atoms with Gasteiger partial charge in [-0.15, -0.1) is 0 Å². The predicted molar refractivity (Wildman–Crippen MR) is 68.5 cm³/mol. The molecule has 1 amide bonds. The average molecular weight is 232 g/mol. The van der Waals surface area contributed by atoms with Gasteiger partial charge in [-0.1, -0.05) is 36.8 Å². The summed E-state index contributed by atoms with van der Waals surface area (Å²) >= 11 is 0. The van der Waals surface area contributed by atoms with Crippen LogP contribution in [0, 0.1) is 18.8 Å². The highest BCUT2D eigenvalue weighted by Gasteiger charge is 2.28. The van der Waals surface area contributed by atoms with Crippen molar-refractivity contribution in [2.24, 2.45) is 11.8 Å². The lowest BCUT2D eigenvalue weighted by atomic mass is 9.88. The summed E-state index contributed by atoms with van der Waals surface area (Å²) < 4.78 is 0. The lowest BCUT2D eigenvalue weighted by molar-refractivity contribution is -0.126. The molecule has 0 saturated carbocycles. The summed E-state index contributed by atoms with van der Waals surface area (Å²) in [6.45, 7) is 6.65. The second-order valence-corrected chi connectivity index (χ2v) is 4.91. The van der Waals surface area contributed by atoms with Gasteiger partial charge in [0.1, 0.15) is 0 Å². The molecule has 2 N–H and O–H groups in total. The quantitative estimate of drug-likeness (QED) is 0.825. The second-order valence-electron chi connectivity index (χ2n) is 4.91. The fourth-order valence-corrected chi connectivity index (χ4v) is 2.05. The molecule has 92 valence electrons. The van der Waals surface area contributed by atoms with Crippen LogP contribution in [0.15, 0.2) is 24.3 Å². The molecule has 1 aliphatic rings. The zero-order valence-corrected chi connectivity index (χ0v) is 10.5. The predicted octanol–water partition coefficient (Wildman–Crippen LogP) is 1.47. The van der Waals surface area contributed by atoms with Gasteiger partial charge in [0.2, 0.25) is 5.91 Å². The first-order chi connectivity index (χ1) is 8.16. The molecule has 1 saturated heterocycles. The number of aryl methyl sites for hydroxylation is 1. The van der Waals surface area contributed by atoms with Crippen molar-refractivity contribution in [3.8, 4) is 0 Å². The van der Waals surface area contributed by atoms with Crippen molar-refractivity contribution >= 4 is 5.91 Å². The van der Waals surface area contributed by atoms with E-state index in [1.54, 1.807) is 0 Å². The molecule has 1 unspecified atom stereocenters. The maximum atomic E-state index is 11.9. The maximum Gasteiger partial charge on any atom is 0.223 e. The highest BCUT2D eigenvalue weighted by molar-refractivity contribution is 5.78. The van der Waals surface area contributed by atoms with Crippen molar-refractivity contribution in [2.75, 3.05) is 13.1 Å². The van der Waals surface area contributed by atoms with Crippen LogP contribution < -0.4 is 10.6 Å². The number of benzene rings is 1. The van der Waals surface area contributed by atoms with Gasteiger partial charge in [-0.3, -0.25) is 4.79 Å². The third-order valence-corrected chi connectivity index (χ3v) is 3.48. The summed E-state index contributed by atoms with van der Waals surface area (Å²) in [5, 5.41) is 6.21. The number of nitrogens with one attached hydrogen (secondary N) is 2. The van der Waals surface area contributed by atoms with Crippen LogP contribution in [0.2, 0.25) is 0 Å². The molecule has 1 fully saturated rings. The Labute approximate surface area is 103 Å². The van der Waals surface area contributed by atoms with Crippen LogP contribution in [0.5, 0.6) is 0 Å². The first kappa shape index (κ1) is 12.1. The van der Waals surface area contributed by atoms with Crippen molar-refractivity contribution < 1.29 is 4.79 Å². The van der Waals surface area contributed by atoms with E-state index >= 15 is 0 Å². The second kappa shape index (κ2) is 5.32. The summed E-state index contributed by atoms with van der Waals surface area (Å²) in [5.41, 5.74) is 2.39. The lowest BCUT2D eigenvalue weighted by Gasteiger charge is -2.31. The van der Waals surface area contributed by atoms with Crippen LogP contribution in [-0.4, -0.2) is 19.0 Å². The van der Waals surface area contributed by atoms with E-state index in [9.17, 15) is 4.79 Å². The monoisotopic (exact) mass is 232 g/mol. The number of amides is 1. The van der Waals surface area contributed by atoms with Crippen LogP contribution in [-0.2, 0) is 11.3 Å². The van der Waals surface area contributed by atoms with E-state index in [1.807, 2.05) is 19.1 Å². The maximum absolute atomic E-state index is 11.9.